The van der Waals surface area contributed by atoms with E-state index in [9.17, 15) is 9.18 Å². The molecule has 0 saturated carbocycles. The van der Waals surface area contributed by atoms with Gasteiger partial charge in [0.2, 0.25) is 0 Å². The number of aromatic amines is 1. The number of hydrogen-bond acceptors (Lipinski definition) is 3. The van der Waals surface area contributed by atoms with Crippen molar-refractivity contribution in [2.75, 3.05) is 6.61 Å². The maximum atomic E-state index is 13.9. The third-order valence-electron chi connectivity index (χ3n) is 3.02. The Morgan fingerprint density at radius 2 is 2.16 bits per heavy atom. The molecule has 1 aliphatic rings. The van der Waals surface area contributed by atoms with Gasteiger partial charge in [0.15, 0.2) is 5.82 Å². The molecule has 1 aromatic carbocycles. The molecule has 2 heterocycles. The van der Waals surface area contributed by atoms with Crippen LogP contribution in [0, 0.1) is 5.82 Å². The van der Waals surface area contributed by atoms with Crippen molar-refractivity contribution in [1.82, 2.24) is 4.98 Å². The Labute approximate surface area is 109 Å². The highest BCUT2D eigenvalue weighted by molar-refractivity contribution is 5.87. The van der Waals surface area contributed by atoms with Crippen molar-refractivity contribution in [2.45, 2.75) is 26.9 Å². The van der Waals surface area contributed by atoms with Gasteiger partial charge in [-0.15, -0.1) is 0 Å². The summed E-state index contributed by atoms with van der Waals surface area (Å²) in [5, 5.41) is 9.53. The number of rotatable bonds is 1. The lowest BCUT2D eigenvalue weighted by molar-refractivity contribution is 0.276. The second kappa shape index (κ2) is 5.40. The van der Waals surface area contributed by atoms with E-state index in [2.05, 4.69) is 4.98 Å². The summed E-state index contributed by atoms with van der Waals surface area (Å²) in [4.78, 5) is 14.2. The molecule has 0 atom stereocenters. The molecule has 19 heavy (non-hydrogen) atoms. The van der Waals surface area contributed by atoms with Crippen LogP contribution in [0.3, 0.4) is 0 Å². The van der Waals surface area contributed by atoms with Crippen molar-refractivity contribution >= 4 is 10.9 Å². The normalized spacial score (nSPS) is 12.6. The van der Waals surface area contributed by atoms with Crippen molar-refractivity contribution in [3.63, 3.8) is 0 Å². The third-order valence-corrected chi connectivity index (χ3v) is 3.02. The SMILES string of the molecule is CC.O=c1[nH]c2c(F)c(CO)ccc2c2c1CCO2. The van der Waals surface area contributed by atoms with Crippen molar-refractivity contribution < 1.29 is 14.2 Å². The molecule has 1 aliphatic heterocycles. The maximum Gasteiger partial charge on any atom is 0.255 e. The van der Waals surface area contributed by atoms with E-state index in [0.29, 0.717) is 29.7 Å². The molecule has 5 heteroatoms. The first-order valence-electron chi connectivity index (χ1n) is 6.32. The van der Waals surface area contributed by atoms with Gasteiger partial charge >= 0.3 is 0 Å². The molecular formula is C14H16FNO3. The van der Waals surface area contributed by atoms with Gasteiger partial charge in [0, 0.05) is 17.4 Å². The summed E-state index contributed by atoms with van der Waals surface area (Å²) in [6.45, 7) is 4.04. The Hall–Kier alpha value is -1.88. The van der Waals surface area contributed by atoms with Crippen LogP contribution in [0.25, 0.3) is 10.9 Å². The zero-order chi connectivity index (χ0) is 14.0. The van der Waals surface area contributed by atoms with Crippen molar-refractivity contribution in [3.8, 4) is 5.75 Å². The smallest absolute Gasteiger partial charge is 0.255 e. The molecule has 3 rings (SSSR count). The zero-order valence-corrected chi connectivity index (χ0v) is 10.9. The summed E-state index contributed by atoms with van der Waals surface area (Å²) in [5.41, 5.74) is 0.501. The fourth-order valence-corrected chi connectivity index (χ4v) is 2.15. The van der Waals surface area contributed by atoms with E-state index >= 15 is 0 Å². The number of aliphatic hydroxyl groups is 1. The van der Waals surface area contributed by atoms with Crippen LogP contribution in [-0.4, -0.2) is 16.7 Å². The number of benzene rings is 1. The highest BCUT2D eigenvalue weighted by Gasteiger charge is 2.21. The lowest BCUT2D eigenvalue weighted by atomic mass is 10.1. The number of aromatic nitrogens is 1. The molecule has 102 valence electrons. The Morgan fingerprint density at radius 1 is 1.42 bits per heavy atom. The van der Waals surface area contributed by atoms with Crippen molar-refractivity contribution in [1.29, 1.82) is 0 Å². The largest absolute Gasteiger partial charge is 0.492 e. The maximum absolute atomic E-state index is 13.9. The number of hydrogen-bond donors (Lipinski definition) is 2. The van der Waals surface area contributed by atoms with Crippen LogP contribution in [0.5, 0.6) is 5.75 Å². The van der Waals surface area contributed by atoms with Crippen LogP contribution < -0.4 is 10.3 Å². The topological polar surface area (TPSA) is 62.3 Å². The number of ether oxygens (including phenoxy) is 1. The molecule has 0 unspecified atom stereocenters. The van der Waals surface area contributed by atoms with E-state index in [4.69, 9.17) is 9.84 Å². The first-order chi connectivity index (χ1) is 9.22. The lowest BCUT2D eigenvalue weighted by Gasteiger charge is -2.07. The molecule has 2 aromatic rings. The summed E-state index contributed by atoms with van der Waals surface area (Å²) < 4.78 is 19.3. The van der Waals surface area contributed by atoms with Gasteiger partial charge in [0.1, 0.15) is 5.75 Å². The molecule has 1 aromatic heterocycles. The van der Waals surface area contributed by atoms with Gasteiger partial charge < -0.3 is 14.8 Å². The first kappa shape index (κ1) is 13.5. The van der Waals surface area contributed by atoms with E-state index < -0.39 is 12.4 Å². The fraction of sp³-hybridized carbons (Fsp3) is 0.357. The molecule has 0 fully saturated rings. The van der Waals surface area contributed by atoms with Gasteiger partial charge in [0.05, 0.1) is 24.3 Å². The number of fused-ring (bicyclic) bond motifs is 3. The van der Waals surface area contributed by atoms with Crippen molar-refractivity contribution in [3.05, 3.63) is 39.4 Å². The Balaban J connectivity index is 0.000000637. The van der Waals surface area contributed by atoms with Gasteiger partial charge in [-0.2, -0.15) is 0 Å². The number of H-pyrrole nitrogens is 1. The summed E-state index contributed by atoms with van der Waals surface area (Å²) in [7, 11) is 0. The summed E-state index contributed by atoms with van der Waals surface area (Å²) in [5.74, 6) is -0.132. The summed E-state index contributed by atoms with van der Waals surface area (Å²) in [6, 6.07) is 3.15. The molecular weight excluding hydrogens is 249 g/mol. The molecule has 2 N–H and O–H groups in total. The van der Waals surface area contributed by atoms with Gasteiger partial charge in [0.25, 0.3) is 5.56 Å². The fourth-order valence-electron chi connectivity index (χ4n) is 2.15. The van der Waals surface area contributed by atoms with E-state index in [1.165, 1.54) is 6.07 Å². The average molecular weight is 265 g/mol. The minimum Gasteiger partial charge on any atom is -0.492 e. The molecule has 0 amide bonds. The van der Waals surface area contributed by atoms with Crippen LogP contribution in [0.4, 0.5) is 4.39 Å². The van der Waals surface area contributed by atoms with E-state index in [-0.39, 0.29) is 16.6 Å². The Kier molecular flexibility index (Phi) is 3.85. The first-order valence-corrected chi connectivity index (χ1v) is 6.32. The predicted octanol–water partition coefficient (Wildman–Crippen LogP) is 2.12. The molecule has 0 radical (unpaired) electrons. The lowest BCUT2D eigenvalue weighted by Crippen LogP contribution is -2.11. The number of nitrogens with one attached hydrogen (secondary N) is 1. The molecule has 0 bridgehead atoms. The molecule has 0 saturated heterocycles. The molecule has 0 aliphatic carbocycles. The monoisotopic (exact) mass is 265 g/mol. The van der Waals surface area contributed by atoms with Crippen LogP contribution in [-0.2, 0) is 13.0 Å². The zero-order valence-electron chi connectivity index (χ0n) is 10.9. The minimum absolute atomic E-state index is 0.0993. The van der Waals surface area contributed by atoms with Gasteiger partial charge in [-0.25, -0.2) is 4.39 Å². The highest BCUT2D eigenvalue weighted by Crippen LogP contribution is 2.32. The second-order valence-corrected chi connectivity index (χ2v) is 3.98. The van der Waals surface area contributed by atoms with E-state index in [1.54, 1.807) is 6.07 Å². The van der Waals surface area contributed by atoms with Crippen LogP contribution in [0.15, 0.2) is 16.9 Å². The molecule has 0 spiro atoms. The number of halogens is 1. The van der Waals surface area contributed by atoms with Gasteiger partial charge in [-0.3, -0.25) is 4.79 Å². The molecule has 4 nitrogen and oxygen atoms in total. The number of pyridine rings is 1. The summed E-state index contributed by atoms with van der Waals surface area (Å²) in [6.07, 6.45) is 0.546. The second-order valence-electron chi connectivity index (χ2n) is 3.98. The van der Waals surface area contributed by atoms with E-state index in [1.807, 2.05) is 13.8 Å². The number of aliphatic hydroxyl groups excluding tert-OH is 1. The minimum atomic E-state index is -0.597. The van der Waals surface area contributed by atoms with Gasteiger partial charge in [-0.1, -0.05) is 19.9 Å². The van der Waals surface area contributed by atoms with Crippen LogP contribution in [0.1, 0.15) is 25.0 Å². The van der Waals surface area contributed by atoms with Crippen LogP contribution >= 0.6 is 0 Å². The third kappa shape index (κ3) is 2.10. The quantitative estimate of drug-likeness (QED) is 0.830. The average Bonchev–Trinajstić information content (AvgIpc) is 2.93. The summed E-state index contributed by atoms with van der Waals surface area (Å²) >= 11 is 0. The van der Waals surface area contributed by atoms with Gasteiger partial charge in [-0.05, 0) is 6.07 Å². The van der Waals surface area contributed by atoms with Crippen molar-refractivity contribution in [2.24, 2.45) is 0 Å². The van der Waals surface area contributed by atoms with Crippen LogP contribution in [0.2, 0.25) is 0 Å². The Morgan fingerprint density at radius 3 is 2.84 bits per heavy atom. The predicted molar refractivity (Wildman–Crippen MR) is 71.0 cm³/mol. The van der Waals surface area contributed by atoms with E-state index in [0.717, 1.165) is 0 Å². The Bertz CT molecular complexity index is 664. The standard InChI is InChI=1S/C12H10FNO3.C2H6/c13-9-6(5-15)1-2-7-10(9)14-12(16)8-3-4-17-11(7)8;1-2/h1-2,15H,3-5H2,(H,14,16);1-2H3. The highest BCUT2D eigenvalue weighted by atomic mass is 19.1.